The van der Waals surface area contributed by atoms with Crippen molar-refractivity contribution in [1.82, 2.24) is 9.88 Å². The summed E-state index contributed by atoms with van der Waals surface area (Å²) in [6.45, 7) is 8.47. The van der Waals surface area contributed by atoms with E-state index in [0.717, 1.165) is 13.1 Å². The van der Waals surface area contributed by atoms with Crippen molar-refractivity contribution in [3.8, 4) is 11.1 Å². The Morgan fingerprint density at radius 2 is 1.56 bits per heavy atom. The zero-order valence-corrected chi connectivity index (χ0v) is 25.2. The molecular weight excluding hydrogens is 605 g/mol. The van der Waals surface area contributed by atoms with Crippen LogP contribution in [0.2, 0.25) is 0 Å². The second kappa shape index (κ2) is 11.9. The van der Waals surface area contributed by atoms with Crippen LogP contribution >= 0.6 is 0 Å². The van der Waals surface area contributed by atoms with E-state index in [2.05, 4.69) is 14.8 Å². The highest BCUT2D eigenvalue weighted by molar-refractivity contribution is 6.03. The zero-order valence-electron chi connectivity index (χ0n) is 25.2. The summed E-state index contributed by atoms with van der Waals surface area (Å²) < 4.78 is 102. The van der Waals surface area contributed by atoms with E-state index in [1.54, 1.807) is 19.1 Å². The molecule has 1 atom stereocenters. The molecule has 1 amide bonds. The lowest BCUT2D eigenvalue weighted by atomic mass is 9.81. The van der Waals surface area contributed by atoms with Crippen LogP contribution in [-0.4, -0.2) is 68.3 Å². The SMILES string of the molecule is Cc1cc(F)ccc1-c1cc(N2CCN3CCOCC3C2)ncc1N(C)C(=O)C(C)(C)c1cc(C(F)(F)F)cc(C(F)(F)F)c1. The monoisotopic (exact) mass is 638 g/mol. The van der Waals surface area contributed by atoms with Gasteiger partial charge in [0.1, 0.15) is 11.6 Å². The fourth-order valence-corrected chi connectivity index (χ4v) is 5.94. The van der Waals surface area contributed by atoms with Gasteiger partial charge in [-0.15, -0.1) is 0 Å². The number of hydrogen-bond donors (Lipinski definition) is 0. The maximum absolute atomic E-state index is 14.1. The third-order valence-corrected chi connectivity index (χ3v) is 8.62. The number of morpholine rings is 1. The number of anilines is 2. The van der Waals surface area contributed by atoms with E-state index in [-0.39, 0.29) is 17.8 Å². The standard InChI is InChI=1S/C32H33F7N4O2/c1-19-11-23(33)5-6-25(19)26-15-28(43-8-7-42-9-10-45-18-24(42)17-43)40-16-27(26)41(4)29(44)30(2,3)20-12-21(31(34,35)36)14-22(13-20)32(37,38)39/h5-6,11-16,24H,7-10,17-18H2,1-4H3. The first-order chi connectivity index (χ1) is 21.0. The van der Waals surface area contributed by atoms with Crippen molar-refractivity contribution in [1.29, 1.82) is 0 Å². The smallest absolute Gasteiger partial charge is 0.378 e. The Morgan fingerprint density at radius 3 is 2.18 bits per heavy atom. The highest BCUT2D eigenvalue weighted by Crippen LogP contribution is 2.41. The minimum atomic E-state index is -5.07. The van der Waals surface area contributed by atoms with Gasteiger partial charge >= 0.3 is 12.4 Å². The molecule has 0 bridgehead atoms. The quantitative estimate of drug-likeness (QED) is 0.292. The number of carbonyl (C=O) groups is 1. The van der Waals surface area contributed by atoms with Gasteiger partial charge in [0.15, 0.2) is 0 Å². The van der Waals surface area contributed by atoms with Gasteiger partial charge < -0.3 is 14.5 Å². The van der Waals surface area contributed by atoms with Gasteiger partial charge in [-0.05, 0) is 73.9 Å². The molecule has 1 unspecified atom stereocenters. The van der Waals surface area contributed by atoms with Crippen LogP contribution < -0.4 is 9.80 Å². The number of aryl methyl sites for hydroxylation is 1. The Bertz CT molecular complexity index is 1560. The van der Waals surface area contributed by atoms with E-state index in [0.29, 0.717) is 60.9 Å². The molecule has 2 fully saturated rings. The van der Waals surface area contributed by atoms with Gasteiger partial charge in [-0.1, -0.05) is 6.07 Å². The summed E-state index contributed by atoms with van der Waals surface area (Å²) in [6.07, 6.45) is -8.68. The number of piperazine rings is 1. The summed E-state index contributed by atoms with van der Waals surface area (Å²) in [5, 5.41) is 0. The number of likely N-dealkylation sites (N-methyl/N-ethyl adjacent to an activating group) is 1. The van der Waals surface area contributed by atoms with E-state index >= 15 is 0 Å². The van der Waals surface area contributed by atoms with Gasteiger partial charge in [-0.2, -0.15) is 26.3 Å². The minimum absolute atomic E-state index is 0.0328. The number of ether oxygens (including phenoxy) is 1. The number of fused-ring (bicyclic) bond motifs is 1. The molecule has 0 spiro atoms. The number of halogens is 7. The molecule has 1 aromatic heterocycles. The maximum atomic E-state index is 14.1. The normalized spacial score (nSPS) is 18.1. The molecule has 3 heterocycles. The van der Waals surface area contributed by atoms with Gasteiger partial charge in [0.25, 0.3) is 0 Å². The molecule has 242 valence electrons. The predicted molar refractivity (Wildman–Crippen MR) is 156 cm³/mol. The largest absolute Gasteiger partial charge is 0.416 e. The predicted octanol–water partition coefficient (Wildman–Crippen LogP) is 6.70. The van der Waals surface area contributed by atoms with Crippen molar-refractivity contribution in [2.45, 2.75) is 44.6 Å². The molecular formula is C32H33F7N4O2. The van der Waals surface area contributed by atoms with Gasteiger partial charge in [0.05, 0.1) is 47.7 Å². The van der Waals surface area contributed by atoms with E-state index < -0.39 is 46.2 Å². The fraction of sp³-hybridized carbons (Fsp3) is 0.438. The highest BCUT2D eigenvalue weighted by Gasteiger charge is 2.41. The summed E-state index contributed by atoms with van der Waals surface area (Å²) in [4.78, 5) is 24.2. The van der Waals surface area contributed by atoms with Gasteiger partial charge in [-0.3, -0.25) is 9.69 Å². The molecule has 0 saturated carbocycles. The molecule has 0 N–H and O–H groups in total. The first-order valence-electron chi connectivity index (χ1n) is 14.4. The van der Waals surface area contributed by atoms with Crippen molar-refractivity contribution >= 4 is 17.4 Å². The Kier molecular flexibility index (Phi) is 8.64. The topological polar surface area (TPSA) is 48.9 Å². The van der Waals surface area contributed by atoms with Gasteiger partial charge in [-0.25, -0.2) is 9.37 Å². The number of amides is 1. The van der Waals surface area contributed by atoms with Crippen LogP contribution in [0.3, 0.4) is 0 Å². The van der Waals surface area contributed by atoms with Crippen LogP contribution in [0.25, 0.3) is 11.1 Å². The number of hydrogen-bond acceptors (Lipinski definition) is 5. The van der Waals surface area contributed by atoms with E-state index in [4.69, 9.17) is 4.74 Å². The average molecular weight is 639 g/mol. The zero-order chi connectivity index (χ0) is 32.9. The van der Waals surface area contributed by atoms with E-state index in [1.807, 2.05) is 0 Å². The van der Waals surface area contributed by atoms with Crippen LogP contribution in [0.1, 0.15) is 36.1 Å². The van der Waals surface area contributed by atoms with Crippen molar-refractivity contribution in [2.24, 2.45) is 0 Å². The summed E-state index contributed by atoms with van der Waals surface area (Å²) in [6, 6.07) is 7.30. The first-order valence-corrected chi connectivity index (χ1v) is 14.4. The molecule has 2 aliphatic rings. The number of carbonyl (C=O) groups excluding carboxylic acids is 1. The van der Waals surface area contributed by atoms with Crippen molar-refractivity contribution in [3.63, 3.8) is 0 Å². The molecule has 0 radical (unpaired) electrons. The number of alkyl halides is 6. The van der Waals surface area contributed by atoms with Crippen LogP contribution in [0.15, 0.2) is 48.7 Å². The molecule has 0 aliphatic carbocycles. The Hall–Kier alpha value is -3.71. The molecule has 2 aliphatic heterocycles. The highest BCUT2D eigenvalue weighted by atomic mass is 19.4. The molecule has 13 heteroatoms. The second-order valence-electron chi connectivity index (χ2n) is 12.0. The van der Waals surface area contributed by atoms with Crippen molar-refractivity contribution < 1.29 is 40.3 Å². The van der Waals surface area contributed by atoms with Gasteiger partial charge in [0.2, 0.25) is 5.91 Å². The number of aromatic nitrogens is 1. The molecule has 2 saturated heterocycles. The lowest BCUT2D eigenvalue weighted by Crippen LogP contribution is -2.58. The summed E-state index contributed by atoms with van der Waals surface area (Å²) in [5.41, 5.74) is -3.36. The molecule has 2 aromatic carbocycles. The Morgan fingerprint density at radius 1 is 0.911 bits per heavy atom. The van der Waals surface area contributed by atoms with Crippen molar-refractivity contribution in [3.05, 3.63) is 76.7 Å². The number of rotatable bonds is 5. The second-order valence-corrected chi connectivity index (χ2v) is 12.0. The summed E-state index contributed by atoms with van der Waals surface area (Å²) >= 11 is 0. The van der Waals surface area contributed by atoms with Gasteiger partial charge in [0, 0.05) is 38.8 Å². The molecule has 6 nitrogen and oxygen atoms in total. The minimum Gasteiger partial charge on any atom is -0.378 e. The third-order valence-electron chi connectivity index (χ3n) is 8.62. The lowest BCUT2D eigenvalue weighted by molar-refractivity contribution is -0.143. The number of benzene rings is 2. The van der Waals surface area contributed by atoms with E-state index in [1.165, 1.54) is 44.1 Å². The lowest BCUT2D eigenvalue weighted by Gasteiger charge is -2.44. The molecule has 3 aromatic rings. The maximum Gasteiger partial charge on any atom is 0.416 e. The number of pyridine rings is 1. The van der Waals surface area contributed by atoms with Crippen LogP contribution in [0.4, 0.5) is 42.2 Å². The number of nitrogens with zero attached hydrogens (tertiary/aromatic N) is 4. The summed E-state index contributed by atoms with van der Waals surface area (Å²) in [5.74, 6) is -0.620. The third kappa shape index (κ3) is 6.64. The molecule has 45 heavy (non-hydrogen) atoms. The van der Waals surface area contributed by atoms with Crippen molar-refractivity contribution in [2.75, 3.05) is 56.2 Å². The fourth-order valence-electron chi connectivity index (χ4n) is 5.94. The van der Waals surface area contributed by atoms with Crippen LogP contribution in [-0.2, 0) is 27.3 Å². The first kappa shape index (κ1) is 32.7. The van der Waals surface area contributed by atoms with Crippen LogP contribution in [0.5, 0.6) is 0 Å². The average Bonchev–Trinajstić information content (AvgIpc) is 2.98. The Balaban J connectivity index is 1.56. The van der Waals surface area contributed by atoms with Crippen LogP contribution in [0, 0.1) is 12.7 Å². The van der Waals surface area contributed by atoms with E-state index in [9.17, 15) is 35.5 Å². The summed E-state index contributed by atoms with van der Waals surface area (Å²) in [7, 11) is 1.39. The Labute approximate surface area is 256 Å². The molecule has 5 rings (SSSR count).